The Morgan fingerprint density at radius 1 is 1.32 bits per heavy atom. The minimum Gasteiger partial charge on any atom is -0.463 e. The van der Waals surface area contributed by atoms with Crippen molar-refractivity contribution in [1.29, 1.82) is 0 Å². The van der Waals surface area contributed by atoms with E-state index in [1.54, 1.807) is 47.3 Å². The molecule has 0 aliphatic rings. The predicted octanol–water partition coefficient (Wildman–Crippen LogP) is 3.08. The number of aromatic nitrogens is 2. The van der Waals surface area contributed by atoms with Crippen molar-refractivity contribution in [1.82, 2.24) is 15.3 Å². The lowest BCUT2D eigenvalue weighted by Crippen LogP contribution is -2.22. The summed E-state index contributed by atoms with van der Waals surface area (Å²) in [5, 5.41) is 4.87. The number of furan rings is 1. The van der Waals surface area contributed by atoms with Gasteiger partial charge in [0.25, 0.3) is 5.91 Å². The largest absolute Gasteiger partial charge is 0.463 e. The quantitative estimate of drug-likeness (QED) is 0.751. The molecule has 0 spiro atoms. The van der Waals surface area contributed by atoms with Gasteiger partial charge in [-0.2, -0.15) is 5.10 Å². The molecule has 2 heterocycles. The van der Waals surface area contributed by atoms with Crippen molar-refractivity contribution in [3.05, 3.63) is 59.4 Å². The van der Waals surface area contributed by atoms with Gasteiger partial charge in [-0.05, 0) is 30.3 Å². The van der Waals surface area contributed by atoms with Crippen molar-refractivity contribution in [2.75, 3.05) is 7.11 Å². The Morgan fingerprint density at radius 2 is 2.18 bits per heavy atom. The molecular formula is C15H12ClN3O3. The summed E-state index contributed by atoms with van der Waals surface area (Å²) in [5.74, 6) is 0.139. The van der Waals surface area contributed by atoms with Crippen molar-refractivity contribution in [2.45, 2.75) is 0 Å². The van der Waals surface area contributed by atoms with Gasteiger partial charge in [0.05, 0.1) is 19.1 Å². The van der Waals surface area contributed by atoms with Crippen LogP contribution < -0.4 is 5.48 Å². The first-order valence-corrected chi connectivity index (χ1v) is 6.80. The van der Waals surface area contributed by atoms with Gasteiger partial charge in [0.1, 0.15) is 5.69 Å². The molecule has 0 saturated heterocycles. The van der Waals surface area contributed by atoms with Crippen molar-refractivity contribution in [2.24, 2.45) is 0 Å². The van der Waals surface area contributed by atoms with Crippen LogP contribution in [0.4, 0.5) is 0 Å². The molecule has 2 aromatic heterocycles. The maximum Gasteiger partial charge on any atom is 0.295 e. The number of hydrogen-bond acceptors (Lipinski definition) is 4. The standard InChI is InChI=1S/C15H12ClN3O3/c1-21-18-15(20)12-9-13(14-6-3-7-22-14)19(17-12)11-5-2-4-10(16)8-11/h2-9H,1H3,(H,18,20). The van der Waals surface area contributed by atoms with Crippen LogP contribution in [0.25, 0.3) is 17.1 Å². The molecule has 7 heteroatoms. The summed E-state index contributed by atoms with van der Waals surface area (Å²) in [5.41, 5.74) is 3.79. The molecule has 3 aromatic rings. The molecule has 0 fully saturated rings. The molecule has 112 valence electrons. The second-order valence-electron chi connectivity index (χ2n) is 4.42. The molecule has 0 aliphatic carbocycles. The first-order chi connectivity index (χ1) is 10.7. The molecule has 22 heavy (non-hydrogen) atoms. The molecule has 1 N–H and O–H groups in total. The maximum atomic E-state index is 11.9. The average Bonchev–Trinajstić information content (AvgIpc) is 3.17. The van der Waals surface area contributed by atoms with Gasteiger partial charge >= 0.3 is 0 Å². The van der Waals surface area contributed by atoms with Gasteiger partial charge in [0.15, 0.2) is 11.5 Å². The van der Waals surface area contributed by atoms with Crippen LogP contribution in [-0.4, -0.2) is 22.8 Å². The third-order valence-electron chi connectivity index (χ3n) is 2.96. The van der Waals surface area contributed by atoms with Gasteiger partial charge < -0.3 is 4.42 Å². The molecule has 0 unspecified atom stereocenters. The Hall–Kier alpha value is -2.57. The van der Waals surface area contributed by atoms with E-state index >= 15 is 0 Å². The summed E-state index contributed by atoms with van der Waals surface area (Å²) >= 11 is 6.03. The molecule has 0 aliphatic heterocycles. The predicted molar refractivity (Wildman–Crippen MR) is 80.8 cm³/mol. The van der Waals surface area contributed by atoms with E-state index < -0.39 is 5.91 Å². The monoisotopic (exact) mass is 317 g/mol. The number of halogens is 1. The van der Waals surface area contributed by atoms with Crippen molar-refractivity contribution in [3.63, 3.8) is 0 Å². The fourth-order valence-electron chi connectivity index (χ4n) is 2.04. The molecule has 0 atom stereocenters. The minimum absolute atomic E-state index is 0.202. The first kappa shape index (κ1) is 14.4. The van der Waals surface area contributed by atoms with Crippen LogP contribution in [0.2, 0.25) is 5.02 Å². The van der Waals surface area contributed by atoms with Crippen LogP contribution in [0.1, 0.15) is 10.5 Å². The van der Waals surface area contributed by atoms with E-state index in [0.29, 0.717) is 16.5 Å². The zero-order chi connectivity index (χ0) is 15.5. The lowest BCUT2D eigenvalue weighted by Gasteiger charge is -2.05. The normalized spacial score (nSPS) is 10.6. The number of hydrogen-bond donors (Lipinski definition) is 1. The topological polar surface area (TPSA) is 69.3 Å². The fraction of sp³-hybridized carbons (Fsp3) is 0.0667. The molecule has 6 nitrogen and oxygen atoms in total. The van der Waals surface area contributed by atoms with E-state index in [1.165, 1.54) is 7.11 Å². The van der Waals surface area contributed by atoms with Crippen LogP contribution in [0.5, 0.6) is 0 Å². The number of carbonyl (C=O) groups is 1. The van der Waals surface area contributed by atoms with Crippen LogP contribution in [0.15, 0.2) is 53.1 Å². The Labute approximate surface area is 131 Å². The summed E-state index contributed by atoms with van der Waals surface area (Å²) in [6.07, 6.45) is 1.56. The lowest BCUT2D eigenvalue weighted by molar-refractivity contribution is 0.0532. The fourth-order valence-corrected chi connectivity index (χ4v) is 2.23. The van der Waals surface area contributed by atoms with Crippen molar-refractivity contribution >= 4 is 17.5 Å². The van der Waals surface area contributed by atoms with Gasteiger partial charge in [-0.25, -0.2) is 10.2 Å². The zero-order valence-electron chi connectivity index (χ0n) is 11.6. The Bertz CT molecular complexity index is 796. The van der Waals surface area contributed by atoms with Crippen LogP contribution in [-0.2, 0) is 4.84 Å². The Balaban J connectivity index is 2.13. The van der Waals surface area contributed by atoms with Crippen LogP contribution in [0, 0.1) is 0 Å². The van der Waals surface area contributed by atoms with E-state index in [9.17, 15) is 4.79 Å². The van der Waals surface area contributed by atoms with Gasteiger partial charge in [-0.1, -0.05) is 17.7 Å². The number of hydroxylamine groups is 1. The summed E-state index contributed by atoms with van der Waals surface area (Å²) in [7, 11) is 1.36. The van der Waals surface area contributed by atoms with E-state index in [0.717, 1.165) is 5.69 Å². The number of nitrogens with one attached hydrogen (secondary N) is 1. The molecular weight excluding hydrogens is 306 g/mol. The summed E-state index contributed by atoms with van der Waals surface area (Å²) in [6, 6.07) is 12.3. The number of benzene rings is 1. The van der Waals surface area contributed by atoms with Gasteiger partial charge in [0, 0.05) is 11.1 Å². The molecule has 1 aromatic carbocycles. The Morgan fingerprint density at radius 3 is 2.86 bits per heavy atom. The summed E-state index contributed by atoms with van der Waals surface area (Å²) in [6.45, 7) is 0. The number of carbonyl (C=O) groups excluding carboxylic acids is 1. The summed E-state index contributed by atoms with van der Waals surface area (Å²) < 4.78 is 7.00. The third-order valence-corrected chi connectivity index (χ3v) is 3.20. The number of amides is 1. The highest BCUT2D eigenvalue weighted by atomic mass is 35.5. The second-order valence-corrected chi connectivity index (χ2v) is 4.86. The number of rotatable bonds is 4. The van der Waals surface area contributed by atoms with E-state index in [4.69, 9.17) is 16.0 Å². The Kier molecular flexibility index (Phi) is 3.95. The third kappa shape index (κ3) is 2.74. The highest BCUT2D eigenvalue weighted by molar-refractivity contribution is 6.30. The SMILES string of the molecule is CONC(=O)c1cc(-c2ccco2)n(-c2cccc(Cl)c2)n1. The molecule has 0 radical (unpaired) electrons. The first-order valence-electron chi connectivity index (χ1n) is 6.42. The minimum atomic E-state index is -0.448. The summed E-state index contributed by atoms with van der Waals surface area (Å²) in [4.78, 5) is 16.5. The molecule has 1 amide bonds. The molecule has 0 bridgehead atoms. The zero-order valence-corrected chi connectivity index (χ0v) is 12.4. The van der Waals surface area contributed by atoms with E-state index in [2.05, 4.69) is 15.4 Å². The van der Waals surface area contributed by atoms with E-state index in [-0.39, 0.29) is 5.69 Å². The average molecular weight is 318 g/mol. The van der Waals surface area contributed by atoms with E-state index in [1.807, 2.05) is 6.07 Å². The van der Waals surface area contributed by atoms with Gasteiger partial charge in [-0.15, -0.1) is 0 Å². The highest BCUT2D eigenvalue weighted by Crippen LogP contribution is 2.25. The maximum absolute atomic E-state index is 11.9. The molecule has 3 rings (SSSR count). The van der Waals surface area contributed by atoms with Crippen LogP contribution in [0.3, 0.4) is 0 Å². The number of nitrogens with zero attached hydrogens (tertiary/aromatic N) is 2. The van der Waals surface area contributed by atoms with Gasteiger partial charge in [0.2, 0.25) is 0 Å². The second kappa shape index (κ2) is 6.05. The smallest absolute Gasteiger partial charge is 0.295 e. The van der Waals surface area contributed by atoms with Crippen LogP contribution >= 0.6 is 11.6 Å². The lowest BCUT2D eigenvalue weighted by atomic mass is 10.2. The van der Waals surface area contributed by atoms with Crippen molar-refractivity contribution < 1.29 is 14.0 Å². The highest BCUT2D eigenvalue weighted by Gasteiger charge is 2.18. The van der Waals surface area contributed by atoms with Gasteiger partial charge in [-0.3, -0.25) is 9.63 Å². The molecule has 0 saturated carbocycles. The van der Waals surface area contributed by atoms with Crippen molar-refractivity contribution in [3.8, 4) is 17.1 Å².